The third-order valence-electron chi connectivity index (χ3n) is 3.89. The molecule has 2 aromatic carbocycles. The second-order valence-corrected chi connectivity index (χ2v) is 7.32. The third-order valence-corrected chi connectivity index (χ3v) is 5.27. The van der Waals surface area contributed by atoms with Crippen LogP contribution in [0.3, 0.4) is 0 Å². The molecule has 1 heterocycles. The van der Waals surface area contributed by atoms with E-state index in [2.05, 4.69) is 4.90 Å². The number of nitrogens with zero attached hydrogens (tertiary/aromatic N) is 2. The molecule has 1 amide bonds. The molecule has 0 radical (unpaired) electrons. The molecule has 7 heteroatoms. The van der Waals surface area contributed by atoms with Crippen molar-refractivity contribution in [3.8, 4) is 0 Å². The molecule has 132 valence electrons. The Kier molecular flexibility index (Phi) is 5.39. The highest BCUT2D eigenvalue weighted by molar-refractivity contribution is 8.26. The molecular weight excluding hydrogens is 368 g/mol. The molecule has 2 aromatic rings. The van der Waals surface area contributed by atoms with Crippen LogP contribution in [0.4, 0.5) is 11.4 Å². The van der Waals surface area contributed by atoms with Gasteiger partial charge in [0.25, 0.3) is 5.91 Å². The summed E-state index contributed by atoms with van der Waals surface area (Å²) in [5.74, 6) is -1.45. The molecule has 1 fully saturated rings. The number of rotatable bonds is 5. The fourth-order valence-corrected chi connectivity index (χ4v) is 3.77. The number of hydrogen-bond donors (Lipinski definition) is 1. The number of thioether (sulfide) groups is 1. The molecule has 5 nitrogen and oxygen atoms in total. The molecule has 0 aliphatic carbocycles. The van der Waals surface area contributed by atoms with Crippen LogP contribution < -0.4 is 4.90 Å². The summed E-state index contributed by atoms with van der Waals surface area (Å²) in [5, 5.41) is 8.88. The number of amides is 1. The lowest BCUT2D eigenvalue weighted by Gasteiger charge is -2.19. The number of benzene rings is 2. The Morgan fingerprint density at radius 2 is 1.77 bits per heavy atom. The minimum atomic E-state index is -1.09. The molecule has 26 heavy (non-hydrogen) atoms. The van der Waals surface area contributed by atoms with Gasteiger partial charge in [-0.1, -0.05) is 54.3 Å². The quantitative estimate of drug-likeness (QED) is 0.626. The van der Waals surface area contributed by atoms with Crippen molar-refractivity contribution in [2.75, 3.05) is 18.5 Å². The van der Waals surface area contributed by atoms with Crippen LogP contribution in [-0.2, 0) is 9.59 Å². The van der Waals surface area contributed by atoms with Crippen molar-refractivity contribution < 1.29 is 14.7 Å². The Labute approximate surface area is 160 Å². The van der Waals surface area contributed by atoms with Gasteiger partial charge < -0.3 is 10.0 Å². The predicted molar refractivity (Wildman–Crippen MR) is 108 cm³/mol. The van der Waals surface area contributed by atoms with Gasteiger partial charge in [-0.25, -0.2) is 0 Å². The zero-order chi connectivity index (χ0) is 18.7. The fraction of sp³-hybridized carbons (Fsp3) is 0.105. The molecule has 0 spiro atoms. The first kappa shape index (κ1) is 18.2. The van der Waals surface area contributed by atoms with Gasteiger partial charge in [0, 0.05) is 18.4 Å². The molecular formula is C19H16N2O3S2. The van der Waals surface area contributed by atoms with Crippen LogP contribution in [0.25, 0.3) is 6.08 Å². The zero-order valence-electron chi connectivity index (χ0n) is 14.0. The molecule has 0 atom stereocenters. The summed E-state index contributed by atoms with van der Waals surface area (Å²) in [6.07, 6.45) is 1.73. The van der Waals surface area contributed by atoms with Gasteiger partial charge in [0.2, 0.25) is 0 Å². The average Bonchev–Trinajstić information content (AvgIpc) is 2.89. The summed E-state index contributed by atoms with van der Waals surface area (Å²) in [6.45, 7) is -0.414. The lowest BCUT2D eigenvalue weighted by Crippen LogP contribution is -2.33. The summed E-state index contributed by atoms with van der Waals surface area (Å²) < 4.78 is 0.268. The van der Waals surface area contributed by atoms with Crippen LogP contribution in [0.5, 0.6) is 0 Å². The maximum atomic E-state index is 12.3. The van der Waals surface area contributed by atoms with Gasteiger partial charge in [-0.05, 0) is 35.9 Å². The van der Waals surface area contributed by atoms with E-state index in [0.29, 0.717) is 4.91 Å². The fourth-order valence-electron chi connectivity index (χ4n) is 2.52. The van der Waals surface area contributed by atoms with Crippen LogP contribution >= 0.6 is 24.0 Å². The maximum Gasteiger partial charge on any atom is 0.323 e. The van der Waals surface area contributed by atoms with E-state index >= 15 is 0 Å². The number of para-hydroxylation sites is 1. The van der Waals surface area contributed by atoms with Gasteiger partial charge >= 0.3 is 5.97 Å². The normalized spacial score (nSPS) is 15.6. The lowest BCUT2D eigenvalue weighted by atomic mass is 10.1. The Balaban J connectivity index is 1.77. The van der Waals surface area contributed by atoms with Crippen molar-refractivity contribution in [2.24, 2.45) is 0 Å². The molecule has 0 aromatic heterocycles. The maximum absolute atomic E-state index is 12.3. The van der Waals surface area contributed by atoms with Crippen LogP contribution in [-0.4, -0.2) is 39.8 Å². The highest BCUT2D eigenvalue weighted by Gasteiger charge is 2.33. The second-order valence-electron chi connectivity index (χ2n) is 5.65. The van der Waals surface area contributed by atoms with Crippen LogP contribution in [0.2, 0.25) is 0 Å². The largest absolute Gasteiger partial charge is 0.480 e. The number of carboxylic acid groups (broad SMARTS) is 1. The van der Waals surface area contributed by atoms with Gasteiger partial charge in [0.05, 0.1) is 4.91 Å². The van der Waals surface area contributed by atoms with E-state index in [1.54, 1.807) is 6.08 Å². The van der Waals surface area contributed by atoms with Gasteiger partial charge in [-0.15, -0.1) is 0 Å². The molecule has 1 N–H and O–H groups in total. The van der Waals surface area contributed by atoms with Crippen molar-refractivity contribution >= 4 is 57.6 Å². The van der Waals surface area contributed by atoms with Crippen molar-refractivity contribution in [3.63, 3.8) is 0 Å². The predicted octanol–water partition coefficient (Wildman–Crippen LogP) is 3.74. The monoisotopic (exact) mass is 384 g/mol. The van der Waals surface area contributed by atoms with Crippen LogP contribution in [0, 0.1) is 0 Å². The Hall–Kier alpha value is -2.64. The van der Waals surface area contributed by atoms with Gasteiger partial charge in [0.1, 0.15) is 10.9 Å². The number of carbonyl (C=O) groups excluding carboxylic acids is 1. The summed E-state index contributed by atoms with van der Waals surface area (Å²) >= 11 is 6.22. The lowest BCUT2D eigenvalue weighted by molar-refractivity contribution is -0.140. The minimum absolute atomic E-state index is 0.268. The molecule has 1 saturated heterocycles. The van der Waals surface area contributed by atoms with Gasteiger partial charge in [-0.3, -0.25) is 14.5 Å². The number of carbonyl (C=O) groups is 2. The number of carboxylic acids is 1. The van der Waals surface area contributed by atoms with E-state index in [4.69, 9.17) is 17.3 Å². The van der Waals surface area contributed by atoms with Gasteiger partial charge in [-0.2, -0.15) is 0 Å². The number of thiocarbonyl (C=S) groups is 1. The Bertz CT molecular complexity index is 879. The van der Waals surface area contributed by atoms with E-state index in [1.807, 2.05) is 61.6 Å². The number of hydrogen-bond acceptors (Lipinski definition) is 5. The molecule has 0 bridgehead atoms. The molecule has 3 rings (SSSR count). The summed E-state index contributed by atoms with van der Waals surface area (Å²) in [4.78, 5) is 26.7. The van der Waals surface area contributed by atoms with Crippen LogP contribution in [0.1, 0.15) is 5.56 Å². The SMILES string of the molecule is CN(c1ccccc1)c1ccc(/C=C2\SC(=S)N(CC(=O)O)C2=O)cc1. The minimum Gasteiger partial charge on any atom is -0.480 e. The zero-order valence-corrected chi connectivity index (χ0v) is 15.6. The molecule has 1 aliphatic rings. The first-order chi connectivity index (χ1) is 12.5. The van der Waals surface area contributed by atoms with Crippen molar-refractivity contribution in [3.05, 3.63) is 65.1 Å². The van der Waals surface area contributed by atoms with E-state index in [-0.39, 0.29) is 10.2 Å². The summed E-state index contributed by atoms with van der Waals surface area (Å²) in [5.41, 5.74) is 2.95. The highest BCUT2D eigenvalue weighted by atomic mass is 32.2. The Morgan fingerprint density at radius 3 is 2.38 bits per heavy atom. The highest BCUT2D eigenvalue weighted by Crippen LogP contribution is 2.32. The smallest absolute Gasteiger partial charge is 0.323 e. The first-order valence-corrected chi connectivity index (χ1v) is 9.04. The Morgan fingerprint density at radius 1 is 1.15 bits per heavy atom. The molecule has 1 aliphatic heterocycles. The first-order valence-electron chi connectivity index (χ1n) is 7.82. The molecule has 0 unspecified atom stereocenters. The summed E-state index contributed by atoms with van der Waals surface area (Å²) in [7, 11) is 1.99. The number of anilines is 2. The second kappa shape index (κ2) is 7.72. The van der Waals surface area contributed by atoms with Crippen molar-refractivity contribution in [1.82, 2.24) is 4.90 Å². The summed E-state index contributed by atoms with van der Waals surface area (Å²) in [6, 6.07) is 17.8. The van der Waals surface area contributed by atoms with Crippen LogP contribution in [0.15, 0.2) is 59.5 Å². The van der Waals surface area contributed by atoms with Crippen molar-refractivity contribution in [2.45, 2.75) is 0 Å². The average molecular weight is 384 g/mol. The molecule has 0 saturated carbocycles. The van der Waals surface area contributed by atoms with E-state index in [1.165, 1.54) is 0 Å². The standard InChI is InChI=1S/C19H16N2O3S2/c1-20(14-5-3-2-4-6-14)15-9-7-13(8-10-15)11-16-18(24)21(12-17(22)23)19(25)26-16/h2-11H,12H2,1H3,(H,22,23)/b16-11-. The third kappa shape index (κ3) is 3.95. The van der Waals surface area contributed by atoms with Gasteiger partial charge in [0.15, 0.2) is 0 Å². The topological polar surface area (TPSA) is 60.9 Å². The van der Waals surface area contributed by atoms with E-state index in [0.717, 1.165) is 33.6 Å². The van der Waals surface area contributed by atoms with E-state index < -0.39 is 12.5 Å². The van der Waals surface area contributed by atoms with Crippen molar-refractivity contribution in [1.29, 1.82) is 0 Å². The van der Waals surface area contributed by atoms with E-state index in [9.17, 15) is 9.59 Å². The number of aliphatic carboxylic acids is 1.